The molecule has 1 aliphatic rings. The molecule has 0 saturated heterocycles. The molecule has 0 spiro atoms. The summed E-state index contributed by atoms with van der Waals surface area (Å²) < 4.78 is 24.6. The lowest BCUT2D eigenvalue weighted by Crippen LogP contribution is -2.40. The van der Waals surface area contributed by atoms with Crippen LogP contribution in [0.25, 0.3) is 17.4 Å². The van der Waals surface area contributed by atoms with E-state index in [1.54, 1.807) is 50.3 Å². The SMILES string of the molecule is CCOC(=O)C1=C(C)N=c2s/c(=C\c3ccc(-c4ccc(Cl)c(C(=O)O)c4)o3)c(=O)n2C1c1cc(OC)c(OC)cc1Br. The molecule has 0 bridgehead atoms. The zero-order valence-corrected chi connectivity index (χ0v) is 26.4. The Kier molecular flexibility index (Phi) is 8.63. The molecule has 0 amide bonds. The summed E-state index contributed by atoms with van der Waals surface area (Å²) in [5.74, 6) is -0.120. The average molecular weight is 688 g/mol. The first-order valence-corrected chi connectivity index (χ1v) is 14.8. The third-order valence-electron chi connectivity index (χ3n) is 6.70. The summed E-state index contributed by atoms with van der Waals surface area (Å²) in [6.07, 6.45) is 1.57. The second kappa shape index (κ2) is 12.2. The number of hydrogen-bond donors (Lipinski definition) is 1. The molecule has 43 heavy (non-hydrogen) atoms. The minimum atomic E-state index is -1.16. The normalized spacial score (nSPS) is 14.7. The van der Waals surface area contributed by atoms with Crippen LogP contribution in [0.5, 0.6) is 11.5 Å². The summed E-state index contributed by atoms with van der Waals surface area (Å²) in [7, 11) is 3.01. The standard InChI is InChI=1S/C30H24BrClN2O8S/c1-5-41-29(38)25-14(2)33-30-34(26(25)17-12-22(39-3)23(40-4)13-19(17)31)27(35)24(43-30)11-16-7-9-21(42-16)15-6-8-20(32)18(10-15)28(36)37/h6-13,26H,5H2,1-4H3,(H,36,37)/b24-11-. The maximum atomic E-state index is 14.0. The van der Waals surface area contributed by atoms with Gasteiger partial charge in [-0.15, -0.1) is 0 Å². The molecule has 5 rings (SSSR count). The number of furan rings is 1. The molecule has 3 heterocycles. The molecule has 1 N–H and O–H groups in total. The monoisotopic (exact) mass is 686 g/mol. The smallest absolute Gasteiger partial charge is 0.338 e. The number of carbonyl (C=O) groups excluding carboxylic acids is 1. The molecule has 4 aromatic rings. The fraction of sp³-hybridized carbons (Fsp3) is 0.200. The van der Waals surface area contributed by atoms with Crippen LogP contribution in [0.15, 0.2) is 72.4 Å². The first kappa shape index (κ1) is 30.3. The van der Waals surface area contributed by atoms with Crippen molar-refractivity contribution < 1.29 is 33.3 Å². The second-order valence-electron chi connectivity index (χ2n) is 9.23. The van der Waals surface area contributed by atoms with Gasteiger partial charge >= 0.3 is 11.9 Å². The van der Waals surface area contributed by atoms with Crippen molar-refractivity contribution in [2.24, 2.45) is 4.99 Å². The largest absolute Gasteiger partial charge is 0.493 e. The van der Waals surface area contributed by atoms with E-state index in [0.29, 0.717) is 53.6 Å². The zero-order chi connectivity index (χ0) is 31.0. The molecule has 2 aromatic heterocycles. The number of aromatic carboxylic acids is 1. The Hall–Kier alpha value is -4.13. The molecule has 1 atom stereocenters. The molecule has 0 aliphatic carbocycles. The first-order valence-electron chi connectivity index (χ1n) is 12.8. The molecule has 2 aromatic carbocycles. The number of hydrogen-bond acceptors (Lipinski definition) is 9. The van der Waals surface area contributed by atoms with Crippen molar-refractivity contribution in [2.45, 2.75) is 19.9 Å². The van der Waals surface area contributed by atoms with E-state index in [4.69, 9.17) is 30.2 Å². The number of halogens is 2. The number of benzene rings is 2. The van der Waals surface area contributed by atoms with Crippen molar-refractivity contribution in [2.75, 3.05) is 20.8 Å². The topological polar surface area (TPSA) is 130 Å². The minimum Gasteiger partial charge on any atom is -0.493 e. The van der Waals surface area contributed by atoms with E-state index >= 15 is 0 Å². The molecule has 13 heteroatoms. The van der Waals surface area contributed by atoms with Crippen molar-refractivity contribution in [3.63, 3.8) is 0 Å². The maximum Gasteiger partial charge on any atom is 0.338 e. The summed E-state index contributed by atoms with van der Waals surface area (Å²) in [5, 5.41) is 9.52. The van der Waals surface area contributed by atoms with Gasteiger partial charge in [-0.1, -0.05) is 38.9 Å². The number of nitrogens with zero attached hydrogens (tertiary/aromatic N) is 2. The number of esters is 1. The Labute approximate surface area is 262 Å². The van der Waals surface area contributed by atoms with Crippen molar-refractivity contribution in [3.8, 4) is 22.8 Å². The average Bonchev–Trinajstić information content (AvgIpc) is 3.56. The van der Waals surface area contributed by atoms with E-state index in [0.717, 1.165) is 11.3 Å². The Morgan fingerprint density at radius 3 is 2.56 bits per heavy atom. The Balaban J connectivity index is 1.66. The fourth-order valence-electron chi connectivity index (χ4n) is 4.72. The van der Waals surface area contributed by atoms with Crippen LogP contribution >= 0.6 is 38.9 Å². The van der Waals surface area contributed by atoms with Gasteiger partial charge in [0, 0.05) is 16.1 Å². The summed E-state index contributed by atoms with van der Waals surface area (Å²) >= 11 is 10.7. The van der Waals surface area contributed by atoms with Crippen molar-refractivity contribution in [1.82, 2.24) is 4.57 Å². The quantitative estimate of drug-likeness (QED) is 0.251. The van der Waals surface area contributed by atoms with Crippen LogP contribution in [-0.4, -0.2) is 42.4 Å². The van der Waals surface area contributed by atoms with Gasteiger partial charge in [-0.05, 0) is 61.9 Å². The van der Waals surface area contributed by atoms with Gasteiger partial charge in [0.1, 0.15) is 11.5 Å². The number of ether oxygens (including phenoxy) is 3. The van der Waals surface area contributed by atoms with E-state index in [1.807, 2.05) is 0 Å². The lowest BCUT2D eigenvalue weighted by Gasteiger charge is -2.26. The summed E-state index contributed by atoms with van der Waals surface area (Å²) in [5.41, 5.74) is 1.25. The van der Waals surface area contributed by atoms with Crippen LogP contribution in [-0.2, 0) is 9.53 Å². The third-order valence-corrected chi connectivity index (χ3v) is 8.70. The highest BCUT2D eigenvalue weighted by atomic mass is 79.9. The number of aromatic nitrogens is 1. The van der Waals surface area contributed by atoms with E-state index in [2.05, 4.69) is 20.9 Å². The molecular weight excluding hydrogens is 664 g/mol. The molecule has 1 unspecified atom stereocenters. The van der Waals surface area contributed by atoms with Gasteiger partial charge in [-0.25, -0.2) is 14.6 Å². The Morgan fingerprint density at radius 2 is 1.88 bits per heavy atom. The van der Waals surface area contributed by atoms with E-state index in [1.165, 1.54) is 30.9 Å². The number of allylic oxidation sites excluding steroid dienone is 1. The van der Waals surface area contributed by atoms with Crippen molar-refractivity contribution in [1.29, 1.82) is 0 Å². The highest BCUT2D eigenvalue weighted by molar-refractivity contribution is 9.10. The fourth-order valence-corrected chi connectivity index (χ4v) is 6.49. The summed E-state index contributed by atoms with van der Waals surface area (Å²) in [6, 6.07) is 10.4. The van der Waals surface area contributed by atoms with Crippen LogP contribution in [0.1, 0.15) is 41.6 Å². The van der Waals surface area contributed by atoms with E-state index in [-0.39, 0.29) is 22.8 Å². The van der Waals surface area contributed by atoms with Crippen LogP contribution in [0, 0.1) is 0 Å². The van der Waals surface area contributed by atoms with Crippen LogP contribution < -0.4 is 24.4 Å². The van der Waals surface area contributed by atoms with E-state index in [9.17, 15) is 19.5 Å². The summed E-state index contributed by atoms with van der Waals surface area (Å²) in [6.45, 7) is 3.54. The maximum absolute atomic E-state index is 14.0. The highest BCUT2D eigenvalue weighted by Gasteiger charge is 2.35. The van der Waals surface area contributed by atoms with Gasteiger partial charge in [0.05, 0.1) is 53.3 Å². The van der Waals surface area contributed by atoms with Crippen LogP contribution in [0.2, 0.25) is 5.02 Å². The van der Waals surface area contributed by atoms with Gasteiger partial charge in [-0.3, -0.25) is 9.36 Å². The third kappa shape index (κ3) is 5.65. The van der Waals surface area contributed by atoms with Gasteiger partial charge < -0.3 is 23.7 Å². The number of methoxy groups -OCH3 is 2. The number of rotatable bonds is 8. The Morgan fingerprint density at radius 1 is 1.16 bits per heavy atom. The predicted molar refractivity (Wildman–Crippen MR) is 164 cm³/mol. The van der Waals surface area contributed by atoms with Gasteiger partial charge in [0.2, 0.25) is 0 Å². The number of carbonyl (C=O) groups is 2. The Bertz CT molecular complexity index is 1990. The molecule has 10 nitrogen and oxygen atoms in total. The molecular formula is C30H24BrClN2O8S. The lowest BCUT2D eigenvalue weighted by atomic mass is 9.95. The van der Waals surface area contributed by atoms with Crippen LogP contribution in [0.4, 0.5) is 0 Å². The van der Waals surface area contributed by atoms with Gasteiger partial charge in [0.15, 0.2) is 16.3 Å². The van der Waals surface area contributed by atoms with Crippen LogP contribution in [0.3, 0.4) is 0 Å². The molecule has 0 saturated carbocycles. The lowest BCUT2D eigenvalue weighted by molar-refractivity contribution is -0.139. The highest BCUT2D eigenvalue weighted by Crippen LogP contribution is 2.40. The number of fused-ring (bicyclic) bond motifs is 1. The first-order chi connectivity index (χ1) is 20.6. The second-order valence-corrected chi connectivity index (χ2v) is 11.5. The molecule has 0 fully saturated rings. The van der Waals surface area contributed by atoms with Gasteiger partial charge in [-0.2, -0.15) is 0 Å². The van der Waals surface area contributed by atoms with Crippen molar-refractivity contribution >= 4 is 56.9 Å². The predicted octanol–water partition coefficient (Wildman–Crippen LogP) is 5.19. The number of thiazole rings is 1. The molecule has 1 aliphatic heterocycles. The summed E-state index contributed by atoms with van der Waals surface area (Å²) in [4.78, 5) is 43.7. The van der Waals surface area contributed by atoms with E-state index < -0.39 is 23.5 Å². The molecule has 0 radical (unpaired) electrons. The number of carboxylic acids is 1. The number of carboxylic acid groups (broad SMARTS) is 1. The molecule has 222 valence electrons. The van der Waals surface area contributed by atoms with Crippen molar-refractivity contribution in [3.05, 3.63) is 99.8 Å². The minimum absolute atomic E-state index is 0.0560. The van der Waals surface area contributed by atoms with Gasteiger partial charge in [0.25, 0.3) is 5.56 Å². The zero-order valence-electron chi connectivity index (χ0n) is 23.3.